The van der Waals surface area contributed by atoms with Crippen LogP contribution in [-0.4, -0.2) is 22.8 Å². The van der Waals surface area contributed by atoms with Gasteiger partial charge in [-0.05, 0) is 12.8 Å². The van der Waals surface area contributed by atoms with Crippen LogP contribution >= 0.6 is 0 Å². The number of rotatable bonds is 3. The summed E-state index contributed by atoms with van der Waals surface area (Å²) >= 11 is 0. The van der Waals surface area contributed by atoms with Crippen molar-refractivity contribution in [3.63, 3.8) is 0 Å². The van der Waals surface area contributed by atoms with E-state index < -0.39 is 0 Å². The molecule has 1 aliphatic carbocycles. The van der Waals surface area contributed by atoms with Gasteiger partial charge in [-0.15, -0.1) is 0 Å². The highest BCUT2D eigenvalue weighted by Crippen LogP contribution is 2.47. The average Bonchev–Trinajstić information content (AvgIpc) is 2.70. The normalized spacial score (nSPS) is 22.7. The number of amidine groups is 1. The third-order valence-electron chi connectivity index (χ3n) is 1.98. The minimum absolute atomic E-state index is 0.0453. The van der Waals surface area contributed by atoms with E-state index in [1.807, 2.05) is 0 Å². The second-order valence-corrected chi connectivity index (χ2v) is 2.93. The maximum absolute atomic E-state index is 8.81. The SMILES string of the molecule is N/C(CC1(CO)CC1)=N\O. The molecule has 0 bridgehead atoms. The molecule has 1 saturated carbocycles. The molecule has 10 heavy (non-hydrogen) atoms. The molecule has 0 radical (unpaired) electrons. The lowest BCUT2D eigenvalue weighted by molar-refractivity contribution is 0.214. The summed E-state index contributed by atoms with van der Waals surface area (Å²) < 4.78 is 0. The van der Waals surface area contributed by atoms with E-state index in [1.54, 1.807) is 0 Å². The van der Waals surface area contributed by atoms with E-state index in [1.165, 1.54) is 0 Å². The smallest absolute Gasteiger partial charge is 0.139 e. The van der Waals surface area contributed by atoms with Gasteiger partial charge in [-0.25, -0.2) is 0 Å². The monoisotopic (exact) mass is 144 g/mol. The van der Waals surface area contributed by atoms with E-state index in [2.05, 4.69) is 5.16 Å². The van der Waals surface area contributed by atoms with E-state index in [4.69, 9.17) is 16.0 Å². The van der Waals surface area contributed by atoms with Crippen molar-refractivity contribution in [2.24, 2.45) is 16.3 Å². The Kier molecular flexibility index (Phi) is 1.80. The zero-order valence-electron chi connectivity index (χ0n) is 5.75. The molecule has 0 heterocycles. The second-order valence-electron chi connectivity index (χ2n) is 2.93. The summed E-state index contributed by atoms with van der Waals surface area (Å²) in [5.74, 6) is 0.214. The van der Waals surface area contributed by atoms with E-state index in [-0.39, 0.29) is 17.9 Å². The lowest BCUT2D eigenvalue weighted by Crippen LogP contribution is -2.20. The van der Waals surface area contributed by atoms with Crippen molar-refractivity contribution >= 4 is 5.84 Å². The standard InChI is InChI=1S/C6H12N2O2/c7-5(8-10)3-6(4-9)1-2-6/h9-10H,1-4H2,(H2,7,8). The maximum atomic E-state index is 8.81. The Morgan fingerprint density at radius 1 is 1.60 bits per heavy atom. The van der Waals surface area contributed by atoms with Crippen LogP contribution in [0.25, 0.3) is 0 Å². The predicted octanol–water partition coefficient (Wildman–Crippen LogP) is -0.105. The second kappa shape index (κ2) is 2.46. The van der Waals surface area contributed by atoms with E-state index in [0.717, 1.165) is 12.8 Å². The zero-order valence-corrected chi connectivity index (χ0v) is 5.75. The average molecular weight is 144 g/mol. The third-order valence-corrected chi connectivity index (χ3v) is 1.98. The molecule has 1 aliphatic rings. The lowest BCUT2D eigenvalue weighted by Gasteiger charge is -2.08. The fourth-order valence-corrected chi connectivity index (χ4v) is 0.987. The van der Waals surface area contributed by atoms with E-state index in [9.17, 15) is 0 Å². The zero-order chi connectivity index (χ0) is 7.61. The van der Waals surface area contributed by atoms with Crippen LogP contribution < -0.4 is 5.73 Å². The number of aliphatic hydroxyl groups is 1. The summed E-state index contributed by atoms with van der Waals surface area (Å²) in [6, 6.07) is 0. The van der Waals surface area contributed by atoms with Gasteiger partial charge in [0.25, 0.3) is 0 Å². The summed E-state index contributed by atoms with van der Waals surface area (Å²) in [6.07, 6.45) is 2.49. The van der Waals surface area contributed by atoms with Gasteiger partial charge in [-0.1, -0.05) is 5.16 Å². The molecule has 0 unspecified atom stereocenters. The summed E-state index contributed by atoms with van der Waals surface area (Å²) in [4.78, 5) is 0. The van der Waals surface area contributed by atoms with Gasteiger partial charge in [0.1, 0.15) is 5.84 Å². The molecule has 0 aliphatic heterocycles. The molecule has 4 nitrogen and oxygen atoms in total. The number of nitrogens with zero attached hydrogens (tertiary/aromatic N) is 1. The molecule has 58 valence electrons. The first kappa shape index (κ1) is 7.34. The Morgan fingerprint density at radius 2 is 2.20 bits per heavy atom. The van der Waals surface area contributed by atoms with Crippen LogP contribution in [0.1, 0.15) is 19.3 Å². The number of hydrogen-bond acceptors (Lipinski definition) is 3. The van der Waals surface area contributed by atoms with Crippen LogP contribution in [0.5, 0.6) is 0 Å². The number of nitrogens with two attached hydrogens (primary N) is 1. The minimum atomic E-state index is -0.0453. The highest BCUT2D eigenvalue weighted by Gasteiger charge is 2.42. The molecule has 0 aromatic rings. The van der Waals surface area contributed by atoms with Crippen molar-refractivity contribution in [2.75, 3.05) is 6.61 Å². The Hall–Kier alpha value is -0.770. The predicted molar refractivity (Wildman–Crippen MR) is 36.8 cm³/mol. The van der Waals surface area contributed by atoms with Gasteiger partial charge in [0, 0.05) is 18.4 Å². The van der Waals surface area contributed by atoms with Crippen molar-refractivity contribution in [1.29, 1.82) is 0 Å². The minimum Gasteiger partial charge on any atom is -0.409 e. The van der Waals surface area contributed by atoms with Crippen LogP contribution in [-0.2, 0) is 0 Å². The maximum Gasteiger partial charge on any atom is 0.139 e. The van der Waals surface area contributed by atoms with Crippen LogP contribution in [0.4, 0.5) is 0 Å². The Labute approximate surface area is 59.3 Å². The van der Waals surface area contributed by atoms with Crippen molar-refractivity contribution in [3.8, 4) is 0 Å². The van der Waals surface area contributed by atoms with Crippen molar-refractivity contribution < 1.29 is 10.3 Å². The van der Waals surface area contributed by atoms with Gasteiger partial charge in [-0.2, -0.15) is 0 Å². The van der Waals surface area contributed by atoms with Gasteiger partial charge in [0.2, 0.25) is 0 Å². The third kappa shape index (κ3) is 1.39. The van der Waals surface area contributed by atoms with Crippen molar-refractivity contribution in [2.45, 2.75) is 19.3 Å². The molecular weight excluding hydrogens is 132 g/mol. The summed E-state index contributed by atoms with van der Waals surface area (Å²) in [5, 5.41) is 19.9. The van der Waals surface area contributed by atoms with Gasteiger partial charge in [-0.3, -0.25) is 0 Å². The van der Waals surface area contributed by atoms with Crippen LogP contribution in [0.3, 0.4) is 0 Å². The van der Waals surface area contributed by atoms with Gasteiger partial charge in [0.15, 0.2) is 0 Å². The molecule has 0 saturated heterocycles. The molecule has 0 aromatic heterocycles. The van der Waals surface area contributed by atoms with Crippen LogP contribution in [0, 0.1) is 5.41 Å². The summed E-state index contributed by atoms with van der Waals surface area (Å²) in [7, 11) is 0. The largest absolute Gasteiger partial charge is 0.409 e. The first-order chi connectivity index (χ1) is 4.72. The molecule has 0 amide bonds. The Balaban J connectivity index is 2.38. The van der Waals surface area contributed by atoms with Gasteiger partial charge < -0.3 is 16.0 Å². The van der Waals surface area contributed by atoms with Gasteiger partial charge in [0.05, 0.1) is 0 Å². The number of aliphatic hydroxyl groups excluding tert-OH is 1. The number of oxime groups is 1. The summed E-state index contributed by atoms with van der Waals surface area (Å²) in [5.41, 5.74) is 5.22. The molecule has 4 heteroatoms. The molecule has 0 aromatic carbocycles. The molecule has 0 spiro atoms. The number of hydrogen-bond donors (Lipinski definition) is 3. The van der Waals surface area contributed by atoms with Crippen LogP contribution in [0.15, 0.2) is 5.16 Å². The van der Waals surface area contributed by atoms with Gasteiger partial charge >= 0.3 is 0 Å². The highest BCUT2D eigenvalue weighted by molar-refractivity contribution is 5.80. The molecule has 1 fully saturated rings. The molecule has 4 N–H and O–H groups in total. The molecule has 0 atom stereocenters. The van der Waals surface area contributed by atoms with E-state index in [0.29, 0.717) is 6.42 Å². The summed E-state index contributed by atoms with van der Waals surface area (Å²) in [6.45, 7) is 0.142. The fourth-order valence-electron chi connectivity index (χ4n) is 0.987. The van der Waals surface area contributed by atoms with Crippen molar-refractivity contribution in [3.05, 3.63) is 0 Å². The lowest BCUT2D eigenvalue weighted by atomic mass is 10.0. The first-order valence-electron chi connectivity index (χ1n) is 3.30. The highest BCUT2D eigenvalue weighted by atomic mass is 16.4. The Bertz CT molecular complexity index is 152. The van der Waals surface area contributed by atoms with E-state index >= 15 is 0 Å². The van der Waals surface area contributed by atoms with Crippen LogP contribution in [0.2, 0.25) is 0 Å². The fraction of sp³-hybridized carbons (Fsp3) is 0.833. The molecular formula is C6H12N2O2. The quantitative estimate of drug-likeness (QED) is 0.224. The topological polar surface area (TPSA) is 78.8 Å². The Morgan fingerprint density at radius 3 is 2.50 bits per heavy atom. The van der Waals surface area contributed by atoms with Crippen molar-refractivity contribution in [1.82, 2.24) is 0 Å². The first-order valence-corrected chi connectivity index (χ1v) is 3.30. The molecule has 1 rings (SSSR count).